The summed E-state index contributed by atoms with van der Waals surface area (Å²) in [6.07, 6.45) is -2.45. The maximum absolute atomic E-state index is 13.7. The van der Waals surface area contributed by atoms with Crippen LogP contribution in [0.4, 0.5) is 17.6 Å². The normalized spacial score (nSPS) is 12.7. The second-order valence-electron chi connectivity index (χ2n) is 7.88. The van der Waals surface area contributed by atoms with Crippen LogP contribution in [0.25, 0.3) is 0 Å². The van der Waals surface area contributed by atoms with Crippen LogP contribution in [0.1, 0.15) is 53.3 Å². The number of benzene rings is 2. The Kier molecular flexibility index (Phi) is 7.86. The van der Waals surface area contributed by atoms with E-state index < -0.39 is 17.6 Å². The number of carbonyl (C=O) groups excluding carboxylic acids is 1. The van der Waals surface area contributed by atoms with Crippen LogP contribution in [0.2, 0.25) is 0 Å². The number of hydrogen-bond acceptors (Lipinski definition) is 4. The molecule has 2 aromatic carbocycles. The molecule has 0 aliphatic carbocycles. The molecule has 0 bridgehead atoms. The zero-order valence-electron chi connectivity index (χ0n) is 18.3. The number of hydrogen-bond donors (Lipinski definition) is 1. The molecule has 1 atom stereocenters. The first-order chi connectivity index (χ1) is 15.6. The fraction of sp³-hybridized carbons (Fsp3) is 0.333. The molecule has 176 valence electrons. The molecule has 33 heavy (non-hydrogen) atoms. The van der Waals surface area contributed by atoms with E-state index in [9.17, 15) is 22.4 Å². The molecule has 3 rings (SSSR count). The van der Waals surface area contributed by atoms with Crippen molar-refractivity contribution in [3.8, 4) is 0 Å². The Morgan fingerprint density at radius 3 is 2.39 bits per heavy atom. The lowest BCUT2D eigenvalue weighted by atomic mass is 10.1. The number of nitrogens with one attached hydrogen (secondary N) is 1. The van der Waals surface area contributed by atoms with Gasteiger partial charge in [-0.05, 0) is 42.7 Å². The van der Waals surface area contributed by atoms with Crippen LogP contribution >= 0.6 is 0 Å². The van der Waals surface area contributed by atoms with E-state index in [-0.39, 0.29) is 43.2 Å². The van der Waals surface area contributed by atoms with Gasteiger partial charge in [-0.1, -0.05) is 37.3 Å². The molecular weight excluding hydrogens is 438 g/mol. The summed E-state index contributed by atoms with van der Waals surface area (Å²) < 4.78 is 58.5. The summed E-state index contributed by atoms with van der Waals surface area (Å²) in [5.74, 6) is -0.548. The van der Waals surface area contributed by atoms with E-state index in [0.717, 1.165) is 18.6 Å². The van der Waals surface area contributed by atoms with Crippen LogP contribution in [-0.2, 0) is 25.8 Å². The average molecular weight is 463 g/mol. The van der Waals surface area contributed by atoms with Crippen molar-refractivity contribution in [3.05, 3.63) is 88.9 Å². The molecule has 0 unspecified atom stereocenters. The molecule has 5 nitrogen and oxygen atoms in total. The highest BCUT2D eigenvalue weighted by atomic mass is 19.4. The smallest absolute Gasteiger partial charge is 0.416 e. The average Bonchev–Trinajstić information content (AvgIpc) is 3.22. The monoisotopic (exact) mass is 463 g/mol. The highest BCUT2D eigenvalue weighted by molar-refractivity contribution is 5.92. The molecule has 1 N–H and O–H groups in total. The molecule has 3 aromatic rings. The molecule has 0 saturated carbocycles. The van der Waals surface area contributed by atoms with Gasteiger partial charge in [0.2, 0.25) is 5.89 Å². The van der Waals surface area contributed by atoms with Crippen molar-refractivity contribution in [2.24, 2.45) is 0 Å². The summed E-state index contributed by atoms with van der Waals surface area (Å²) >= 11 is 0. The summed E-state index contributed by atoms with van der Waals surface area (Å²) in [6.45, 7) is 4.30. The number of carbonyl (C=O) groups is 1. The summed E-state index contributed by atoms with van der Waals surface area (Å²) in [7, 11) is 0. The van der Waals surface area contributed by atoms with Crippen molar-refractivity contribution in [2.45, 2.75) is 52.1 Å². The highest BCUT2D eigenvalue weighted by Gasteiger charge is 2.30. The lowest BCUT2D eigenvalue weighted by Gasteiger charge is -2.21. The van der Waals surface area contributed by atoms with Crippen molar-refractivity contribution >= 4 is 5.91 Å². The van der Waals surface area contributed by atoms with Gasteiger partial charge in [0, 0.05) is 19.1 Å². The van der Waals surface area contributed by atoms with Crippen molar-refractivity contribution in [1.82, 2.24) is 15.2 Å². The van der Waals surface area contributed by atoms with E-state index >= 15 is 0 Å². The third-order valence-corrected chi connectivity index (χ3v) is 5.09. The van der Waals surface area contributed by atoms with E-state index in [2.05, 4.69) is 10.3 Å². The Morgan fingerprint density at radius 2 is 1.76 bits per heavy atom. The van der Waals surface area contributed by atoms with E-state index in [4.69, 9.17) is 4.42 Å². The Bertz CT molecular complexity index is 1080. The first-order valence-corrected chi connectivity index (χ1v) is 10.5. The minimum atomic E-state index is -4.45. The Labute approximate surface area is 189 Å². The lowest BCUT2D eigenvalue weighted by molar-refractivity contribution is -0.137. The first kappa shape index (κ1) is 24.4. The van der Waals surface area contributed by atoms with Gasteiger partial charge in [0.05, 0.1) is 12.1 Å². The molecule has 1 heterocycles. The van der Waals surface area contributed by atoms with E-state index in [1.807, 2.05) is 13.8 Å². The van der Waals surface area contributed by atoms with Crippen LogP contribution in [-0.4, -0.2) is 21.8 Å². The van der Waals surface area contributed by atoms with Crippen molar-refractivity contribution in [1.29, 1.82) is 0 Å². The molecule has 1 amide bonds. The van der Waals surface area contributed by atoms with Gasteiger partial charge in [0.1, 0.15) is 12.1 Å². The van der Waals surface area contributed by atoms with Crippen LogP contribution in [0.5, 0.6) is 0 Å². The predicted molar refractivity (Wildman–Crippen MR) is 115 cm³/mol. The maximum atomic E-state index is 13.7. The topological polar surface area (TPSA) is 58.4 Å². The molecule has 0 saturated heterocycles. The van der Waals surface area contributed by atoms with Crippen LogP contribution in [0.15, 0.2) is 59.2 Å². The lowest BCUT2D eigenvalue weighted by Crippen LogP contribution is -2.32. The number of alkyl halides is 3. The number of nitrogens with zero attached hydrogens (tertiary/aromatic N) is 2. The summed E-state index contributed by atoms with van der Waals surface area (Å²) in [4.78, 5) is 18.3. The fourth-order valence-corrected chi connectivity index (χ4v) is 3.24. The Balaban J connectivity index is 1.80. The van der Waals surface area contributed by atoms with E-state index in [0.29, 0.717) is 11.1 Å². The van der Waals surface area contributed by atoms with Crippen molar-refractivity contribution in [3.63, 3.8) is 0 Å². The second-order valence-corrected chi connectivity index (χ2v) is 7.88. The SMILES string of the molecule is CC[C@H](C)NC(=O)c1coc(CN(Cc2cccc(F)c2)Cc2cccc(C(F)(F)F)c2)n1. The van der Waals surface area contributed by atoms with Gasteiger partial charge >= 0.3 is 6.18 Å². The zero-order valence-corrected chi connectivity index (χ0v) is 18.3. The van der Waals surface area contributed by atoms with Gasteiger partial charge in [-0.15, -0.1) is 0 Å². The maximum Gasteiger partial charge on any atom is 0.416 e. The summed E-state index contributed by atoms with van der Waals surface area (Å²) in [5.41, 5.74) is 0.451. The third-order valence-electron chi connectivity index (χ3n) is 5.09. The molecule has 9 heteroatoms. The standard InChI is InChI=1S/C24H25F4N3O2/c1-3-16(2)29-23(32)21-15-33-22(30-21)14-31(13-18-7-5-9-20(25)11-18)12-17-6-4-8-19(10-17)24(26,27)28/h4-11,15-16H,3,12-14H2,1-2H3,(H,29,32)/t16-/m0/s1. The van der Waals surface area contributed by atoms with Gasteiger partial charge in [-0.2, -0.15) is 13.2 Å². The Hall–Kier alpha value is -3.20. The number of aromatic nitrogens is 1. The first-order valence-electron chi connectivity index (χ1n) is 10.5. The largest absolute Gasteiger partial charge is 0.447 e. The third kappa shape index (κ3) is 7.15. The molecule has 1 aromatic heterocycles. The minimum Gasteiger partial charge on any atom is -0.447 e. The number of halogens is 4. The fourth-order valence-electron chi connectivity index (χ4n) is 3.24. The Morgan fingerprint density at radius 1 is 1.09 bits per heavy atom. The minimum absolute atomic E-state index is 0.0250. The zero-order chi connectivity index (χ0) is 24.0. The molecule has 0 spiro atoms. The van der Waals surface area contributed by atoms with Crippen LogP contribution in [0.3, 0.4) is 0 Å². The van der Waals surface area contributed by atoms with Crippen LogP contribution in [0, 0.1) is 5.82 Å². The van der Waals surface area contributed by atoms with Gasteiger partial charge in [0.25, 0.3) is 5.91 Å². The summed E-state index contributed by atoms with van der Waals surface area (Å²) in [6, 6.07) is 11.0. The molecule has 0 fully saturated rings. The van der Waals surface area contributed by atoms with Crippen molar-refractivity contribution < 1.29 is 26.8 Å². The number of amides is 1. The van der Waals surface area contributed by atoms with Crippen LogP contribution < -0.4 is 5.32 Å². The molecule has 0 aliphatic rings. The van der Waals surface area contributed by atoms with Gasteiger partial charge in [-0.3, -0.25) is 9.69 Å². The van der Waals surface area contributed by atoms with Gasteiger partial charge < -0.3 is 9.73 Å². The number of oxazole rings is 1. The van der Waals surface area contributed by atoms with Gasteiger partial charge in [0.15, 0.2) is 5.69 Å². The molecule has 0 aliphatic heterocycles. The quantitative estimate of drug-likeness (QED) is 0.422. The second kappa shape index (κ2) is 10.6. The summed E-state index contributed by atoms with van der Waals surface area (Å²) in [5, 5.41) is 2.80. The van der Waals surface area contributed by atoms with Crippen molar-refractivity contribution in [2.75, 3.05) is 0 Å². The highest BCUT2D eigenvalue weighted by Crippen LogP contribution is 2.30. The molecule has 0 radical (unpaired) electrons. The van der Waals surface area contributed by atoms with Gasteiger partial charge in [-0.25, -0.2) is 9.37 Å². The van der Waals surface area contributed by atoms with E-state index in [1.54, 1.807) is 23.1 Å². The number of rotatable bonds is 9. The van der Waals surface area contributed by atoms with E-state index in [1.165, 1.54) is 24.5 Å². The molecular formula is C24H25F4N3O2. The predicted octanol–water partition coefficient (Wildman–Crippen LogP) is 5.56.